The van der Waals surface area contributed by atoms with Gasteiger partial charge in [0.15, 0.2) is 5.78 Å². The highest BCUT2D eigenvalue weighted by Gasteiger charge is 2.40. The third kappa shape index (κ3) is 4.36. The van der Waals surface area contributed by atoms with E-state index in [4.69, 9.17) is 4.74 Å². The van der Waals surface area contributed by atoms with Gasteiger partial charge in [0.2, 0.25) is 0 Å². The van der Waals surface area contributed by atoms with Crippen LogP contribution in [0.5, 0.6) is 0 Å². The van der Waals surface area contributed by atoms with Crippen LogP contribution in [0.1, 0.15) is 43.7 Å². The first-order valence-electron chi connectivity index (χ1n) is 9.70. The third-order valence-electron chi connectivity index (χ3n) is 5.35. The molecule has 3 nitrogen and oxygen atoms in total. The number of ketones is 1. The highest BCUT2D eigenvalue weighted by molar-refractivity contribution is 6.08. The molecule has 0 radical (unpaired) electrons. The topological polar surface area (TPSA) is 43.4 Å². The van der Waals surface area contributed by atoms with Crippen LogP contribution in [0.4, 0.5) is 0 Å². The molecule has 0 aromatic heterocycles. The molecule has 1 heterocycles. The van der Waals surface area contributed by atoms with E-state index in [2.05, 4.69) is 19.1 Å². The summed E-state index contributed by atoms with van der Waals surface area (Å²) in [5, 5.41) is 0. The monoisotopic (exact) mass is 362 g/mol. The lowest BCUT2D eigenvalue weighted by atomic mass is 9.79. The van der Waals surface area contributed by atoms with Gasteiger partial charge < -0.3 is 4.74 Å². The van der Waals surface area contributed by atoms with Crippen molar-refractivity contribution >= 4 is 11.8 Å². The van der Waals surface area contributed by atoms with E-state index >= 15 is 0 Å². The molecule has 0 bridgehead atoms. The van der Waals surface area contributed by atoms with Gasteiger partial charge in [-0.1, -0.05) is 74.5 Å². The van der Waals surface area contributed by atoms with Crippen molar-refractivity contribution in [3.63, 3.8) is 0 Å². The van der Waals surface area contributed by atoms with Crippen molar-refractivity contribution in [2.75, 3.05) is 0 Å². The summed E-state index contributed by atoms with van der Waals surface area (Å²) in [6.45, 7) is 4.05. The normalized spacial score (nSPS) is 19.2. The van der Waals surface area contributed by atoms with Crippen LogP contribution in [0, 0.1) is 11.8 Å². The van der Waals surface area contributed by atoms with Crippen molar-refractivity contribution < 1.29 is 14.3 Å². The molecule has 2 unspecified atom stereocenters. The smallest absolute Gasteiger partial charge is 0.322 e. The highest BCUT2D eigenvalue weighted by atomic mass is 16.5. The molecule has 1 aliphatic rings. The number of cyclic esters (lactones) is 1. The zero-order chi connectivity index (χ0) is 19.2. The van der Waals surface area contributed by atoms with Gasteiger partial charge in [-0.15, -0.1) is 0 Å². The summed E-state index contributed by atoms with van der Waals surface area (Å²) in [4.78, 5) is 25.7. The van der Waals surface area contributed by atoms with Crippen LogP contribution in [-0.4, -0.2) is 11.8 Å². The fourth-order valence-corrected chi connectivity index (χ4v) is 3.83. The SMILES string of the molecule is CCC(Cc1ccccc1)C1=CC(=O)[C@H](C(CC)c2ccccc2)C(=O)O1. The number of ether oxygens (including phenoxy) is 1. The molecule has 2 aromatic rings. The van der Waals surface area contributed by atoms with Crippen molar-refractivity contribution in [1.29, 1.82) is 0 Å². The first kappa shape index (κ1) is 19.1. The lowest BCUT2D eigenvalue weighted by Gasteiger charge is -2.29. The van der Waals surface area contributed by atoms with Crippen LogP contribution >= 0.6 is 0 Å². The molecular weight excluding hydrogens is 336 g/mol. The Labute approximate surface area is 161 Å². The largest absolute Gasteiger partial charge is 0.430 e. The minimum Gasteiger partial charge on any atom is -0.430 e. The molecule has 0 fully saturated rings. The number of rotatable bonds is 7. The van der Waals surface area contributed by atoms with Crippen molar-refractivity contribution in [3.8, 4) is 0 Å². The van der Waals surface area contributed by atoms with E-state index in [1.807, 2.05) is 55.5 Å². The standard InChI is InChI=1S/C24H26O3/c1-3-18(15-17-11-7-5-8-12-17)22-16-21(25)23(24(26)27-22)20(4-2)19-13-9-6-10-14-19/h5-14,16,18,20,23H,3-4,15H2,1-2H3/t18?,20?,23-/m0/s1. The van der Waals surface area contributed by atoms with E-state index in [1.54, 1.807) is 6.08 Å². The summed E-state index contributed by atoms with van der Waals surface area (Å²) in [5.74, 6) is -0.926. The Morgan fingerprint density at radius 2 is 1.52 bits per heavy atom. The van der Waals surface area contributed by atoms with Gasteiger partial charge in [0.1, 0.15) is 11.7 Å². The van der Waals surface area contributed by atoms with E-state index < -0.39 is 11.9 Å². The van der Waals surface area contributed by atoms with Crippen LogP contribution in [0.15, 0.2) is 72.5 Å². The van der Waals surface area contributed by atoms with Crippen molar-refractivity contribution in [1.82, 2.24) is 0 Å². The fraction of sp³-hybridized carbons (Fsp3) is 0.333. The molecule has 0 N–H and O–H groups in total. The van der Waals surface area contributed by atoms with Crippen molar-refractivity contribution in [3.05, 3.63) is 83.6 Å². The maximum atomic E-state index is 12.9. The average Bonchev–Trinajstić information content (AvgIpc) is 2.70. The zero-order valence-corrected chi connectivity index (χ0v) is 15.9. The van der Waals surface area contributed by atoms with E-state index in [0.29, 0.717) is 12.2 Å². The van der Waals surface area contributed by atoms with Crippen LogP contribution in [-0.2, 0) is 20.7 Å². The molecule has 0 saturated heterocycles. The second-order valence-electron chi connectivity index (χ2n) is 7.07. The number of allylic oxidation sites excluding steroid dienone is 2. The second kappa shape index (κ2) is 8.81. The number of carbonyl (C=O) groups excluding carboxylic acids is 2. The Morgan fingerprint density at radius 3 is 2.07 bits per heavy atom. The maximum absolute atomic E-state index is 12.9. The van der Waals surface area contributed by atoms with E-state index in [1.165, 1.54) is 5.56 Å². The number of hydrogen-bond donors (Lipinski definition) is 0. The Hall–Kier alpha value is -2.68. The van der Waals surface area contributed by atoms with Gasteiger partial charge in [0.25, 0.3) is 0 Å². The summed E-state index contributed by atoms with van der Waals surface area (Å²) >= 11 is 0. The predicted molar refractivity (Wildman–Crippen MR) is 106 cm³/mol. The summed E-state index contributed by atoms with van der Waals surface area (Å²) < 4.78 is 5.70. The van der Waals surface area contributed by atoms with Gasteiger partial charge >= 0.3 is 5.97 Å². The van der Waals surface area contributed by atoms with Crippen LogP contribution < -0.4 is 0 Å². The zero-order valence-electron chi connectivity index (χ0n) is 15.9. The first-order valence-corrected chi connectivity index (χ1v) is 9.70. The number of esters is 1. The Bertz CT molecular complexity index is 808. The molecule has 0 saturated carbocycles. The fourth-order valence-electron chi connectivity index (χ4n) is 3.83. The number of hydrogen-bond acceptors (Lipinski definition) is 3. The van der Waals surface area contributed by atoms with E-state index in [0.717, 1.165) is 18.4 Å². The molecule has 3 rings (SSSR count). The Balaban J connectivity index is 1.82. The van der Waals surface area contributed by atoms with E-state index in [-0.39, 0.29) is 17.6 Å². The average molecular weight is 362 g/mol. The number of carbonyl (C=O) groups is 2. The minimum atomic E-state index is -0.754. The Morgan fingerprint density at radius 1 is 0.889 bits per heavy atom. The van der Waals surface area contributed by atoms with Gasteiger partial charge in [-0.2, -0.15) is 0 Å². The number of benzene rings is 2. The first-order chi connectivity index (χ1) is 13.1. The van der Waals surface area contributed by atoms with Gasteiger partial charge in [0.05, 0.1) is 0 Å². The van der Waals surface area contributed by atoms with Gasteiger partial charge in [-0.05, 0) is 30.4 Å². The molecule has 0 amide bonds. The minimum absolute atomic E-state index is 0.0260. The molecule has 0 spiro atoms. The molecule has 27 heavy (non-hydrogen) atoms. The molecule has 1 aliphatic heterocycles. The lowest BCUT2D eigenvalue weighted by molar-refractivity contribution is -0.151. The van der Waals surface area contributed by atoms with Crippen molar-refractivity contribution in [2.24, 2.45) is 11.8 Å². The molecule has 3 atom stereocenters. The molecule has 140 valence electrons. The quantitative estimate of drug-likeness (QED) is 0.510. The second-order valence-corrected chi connectivity index (χ2v) is 7.07. The van der Waals surface area contributed by atoms with Crippen LogP contribution in [0.25, 0.3) is 0 Å². The van der Waals surface area contributed by atoms with Crippen LogP contribution in [0.2, 0.25) is 0 Å². The van der Waals surface area contributed by atoms with Crippen LogP contribution in [0.3, 0.4) is 0 Å². The van der Waals surface area contributed by atoms with Gasteiger partial charge in [0, 0.05) is 17.9 Å². The summed E-state index contributed by atoms with van der Waals surface area (Å²) in [6, 6.07) is 19.8. The lowest BCUT2D eigenvalue weighted by Crippen LogP contribution is -2.35. The molecule has 0 aliphatic carbocycles. The Kier molecular flexibility index (Phi) is 6.23. The highest BCUT2D eigenvalue weighted by Crippen LogP contribution is 2.35. The molecular formula is C24H26O3. The molecule has 3 heteroatoms. The predicted octanol–water partition coefficient (Wildman–Crippen LogP) is 5.08. The summed E-state index contributed by atoms with van der Waals surface area (Å²) in [6.07, 6.45) is 3.83. The third-order valence-corrected chi connectivity index (χ3v) is 5.35. The summed E-state index contributed by atoms with van der Waals surface area (Å²) in [7, 11) is 0. The summed E-state index contributed by atoms with van der Waals surface area (Å²) in [5.41, 5.74) is 2.18. The molecule has 2 aromatic carbocycles. The van der Waals surface area contributed by atoms with Gasteiger partial charge in [-0.3, -0.25) is 9.59 Å². The van der Waals surface area contributed by atoms with Gasteiger partial charge in [-0.25, -0.2) is 0 Å². The van der Waals surface area contributed by atoms with E-state index in [9.17, 15) is 9.59 Å². The maximum Gasteiger partial charge on any atom is 0.322 e. The van der Waals surface area contributed by atoms with Crippen molar-refractivity contribution in [2.45, 2.75) is 39.0 Å².